The fraction of sp³-hybridized carbons (Fsp3) is 0.353. The lowest BCUT2D eigenvalue weighted by molar-refractivity contribution is 0.482. The molecule has 0 bridgehead atoms. The van der Waals surface area contributed by atoms with Crippen LogP contribution in [-0.4, -0.2) is 41.0 Å². The van der Waals surface area contributed by atoms with Gasteiger partial charge in [0.15, 0.2) is 5.96 Å². The molecule has 1 aromatic heterocycles. The van der Waals surface area contributed by atoms with Gasteiger partial charge in [0.2, 0.25) is 0 Å². The highest BCUT2D eigenvalue weighted by atomic mass is 35.5. The number of guanidine groups is 1. The number of aliphatic imine (C=N–C) groups is 1. The number of nitrogens with zero attached hydrogens (tertiary/aromatic N) is 2. The van der Waals surface area contributed by atoms with Gasteiger partial charge in [-0.05, 0) is 31.2 Å². The van der Waals surface area contributed by atoms with Crippen LogP contribution in [0.25, 0.3) is 0 Å². The molecule has 2 rings (SSSR count). The number of hydrogen-bond acceptors (Lipinski definition) is 3. The Bertz CT molecular complexity index is 688. The molecule has 130 valence electrons. The summed E-state index contributed by atoms with van der Waals surface area (Å²) < 4.78 is 13.0. The largest absolute Gasteiger partial charge is 0.357 e. The van der Waals surface area contributed by atoms with Crippen molar-refractivity contribution in [3.05, 3.63) is 51.7 Å². The minimum atomic E-state index is -1.02. The van der Waals surface area contributed by atoms with Gasteiger partial charge in [-0.3, -0.25) is 9.20 Å². The predicted molar refractivity (Wildman–Crippen MR) is 104 cm³/mol. The van der Waals surface area contributed by atoms with E-state index in [-0.39, 0.29) is 0 Å². The lowest BCUT2D eigenvalue weighted by Gasteiger charge is -2.21. The highest BCUT2D eigenvalue weighted by Gasteiger charge is 2.09. The van der Waals surface area contributed by atoms with E-state index >= 15 is 0 Å². The minimum absolute atomic E-state index is 0.511. The van der Waals surface area contributed by atoms with E-state index in [9.17, 15) is 4.21 Å². The number of hydrogen-bond donors (Lipinski definition) is 1. The highest BCUT2D eigenvalue weighted by molar-refractivity contribution is 7.85. The average Bonchev–Trinajstić information content (AvgIpc) is 2.99. The first-order chi connectivity index (χ1) is 11.6. The van der Waals surface area contributed by atoms with Crippen molar-refractivity contribution in [2.75, 3.05) is 25.9 Å². The van der Waals surface area contributed by atoms with Crippen LogP contribution in [0.2, 0.25) is 4.34 Å². The van der Waals surface area contributed by atoms with Crippen molar-refractivity contribution >= 4 is 39.7 Å². The Morgan fingerprint density at radius 3 is 2.67 bits per heavy atom. The van der Waals surface area contributed by atoms with Crippen LogP contribution in [0.5, 0.6) is 0 Å². The molecule has 0 aliphatic carbocycles. The van der Waals surface area contributed by atoms with Crippen LogP contribution < -0.4 is 5.32 Å². The van der Waals surface area contributed by atoms with Gasteiger partial charge in [0.25, 0.3) is 0 Å². The van der Waals surface area contributed by atoms with E-state index in [0.29, 0.717) is 12.3 Å². The zero-order valence-corrected chi connectivity index (χ0v) is 16.3. The average molecular weight is 384 g/mol. The van der Waals surface area contributed by atoms with Crippen molar-refractivity contribution in [2.24, 2.45) is 4.99 Å². The Labute approximate surface area is 155 Å². The maximum absolute atomic E-state index is 12.2. The Hall–Kier alpha value is -1.37. The molecular formula is C17H22ClN3OS2. The second-order valence-electron chi connectivity index (χ2n) is 5.16. The predicted octanol–water partition coefficient (Wildman–Crippen LogP) is 3.61. The van der Waals surface area contributed by atoms with Crippen molar-refractivity contribution in [2.45, 2.75) is 18.4 Å². The summed E-state index contributed by atoms with van der Waals surface area (Å²) in [5, 5.41) is 3.27. The lowest BCUT2D eigenvalue weighted by Crippen LogP contribution is -2.38. The van der Waals surface area contributed by atoms with Crippen LogP contribution in [0.3, 0.4) is 0 Å². The first kappa shape index (κ1) is 19.0. The molecule has 0 amide bonds. The summed E-state index contributed by atoms with van der Waals surface area (Å²) in [5.41, 5.74) is 0. The Morgan fingerprint density at radius 2 is 2.04 bits per heavy atom. The Balaban J connectivity index is 1.93. The standard InChI is InChI=1S/C17H22ClN3OS2/c1-3-19-17(21(2)13-14-9-10-16(18)23-14)20-11-12-24(22)15-7-5-4-6-8-15/h4-10H,3,11-13H2,1-2H3,(H,19,20). The van der Waals surface area contributed by atoms with Crippen LogP contribution in [0.4, 0.5) is 0 Å². The van der Waals surface area contributed by atoms with Crippen LogP contribution in [0.15, 0.2) is 52.4 Å². The van der Waals surface area contributed by atoms with Crippen LogP contribution >= 0.6 is 22.9 Å². The number of thiophene rings is 1. The molecule has 1 N–H and O–H groups in total. The van der Waals surface area contributed by atoms with E-state index in [2.05, 4.69) is 15.2 Å². The minimum Gasteiger partial charge on any atom is -0.357 e. The molecule has 0 aliphatic heterocycles. The van der Waals surface area contributed by atoms with Crippen molar-refractivity contribution in [3.63, 3.8) is 0 Å². The first-order valence-electron chi connectivity index (χ1n) is 7.77. The molecule has 24 heavy (non-hydrogen) atoms. The molecule has 0 saturated heterocycles. The van der Waals surface area contributed by atoms with Gasteiger partial charge < -0.3 is 10.2 Å². The second kappa shape index (κ2) is 9.81. The SMILES string of the molecule is CCNC(=NCCS(=O)c1ccccc1)N(C)Cc1ccc(Cl)s1. The molecule has 1 atom stereocenters. The summed E-state index contributed by atoms with van der Waals surface area (Å²) in [6, 6.07) is 13.4. The maximum atomic E-state index is 12.2. The van der Waals surface area contributed by atoms with Crippen LogP contribution in [0.1, 0.15) is 11.8 Å². The molecule has 7 heteroatoms. The fourth-order valence-electron chi connectivity index (χ4n) is 2.14. The molecule has 0 fully saturated rings. The van der Waals surface area contributed by atoms with Gasteiger partial charge in [-0.2, -0.15) is 0 Å². The normalized spacial score (nSPS) is 12.9. The third-order valence-corrected chi connectivity index (χ3v) is 5.83. The number of halogens is 1. The highest BCUT2D eigenvalue weighted by Crippen LogP contribution is 2.22. The van der Waals surface area contributed by atoms with Crippen molar-refractivity contribution in [1.82, 2.24) is 10.2 Å². The van der Waals surface area contributed by atoms with Crippen LogP contribution in [0, 0.1) is 0 Å². The van der Waals surface area contributed by atoms with E-state index in [1.165, 1.54) is 4.88 Å². The van der Waals surface area contributed by atoms with E-state index in [1.807, 2.05) is 56.4 Å². The molecule has 1 heterocycles. The van der Waals surface area contributed by atoms with Crippen molar-refractivity contribution in [1.29, 1.82) is 0 Å². The molecule has 2 aromatic rings. The molecule has 0 radical (unpaired) electrons. The number of nitrogens with one attached hydrogen (secondary N) is 1. The zero-order valence-electron chi connectivity index (χ0n) is 13.9. The lowest BCUT2D eigenvalue weighted by atomic mass is 10.4. The van der Waals surface area contributed by atoms with E-state index in [0.717, 1.165) is 28.3 Å². The number of rotatable bonds is 7. The first-order valence-corrected chi connectivity index (χ1v) is 10.3. The van der Waals surface area contributed by atoms with Gasteiger partial charge in [-0.15, -0.1) is 11.3 Å². The summed E-state index contributed by atoms with van der Waals surface area (Å²) >= 11 is 7.55. The maximum Gasteiger partial charge on any atom is 0.194 e. The van der Waals surface area contributed by atoms with Gasteiger partial charge in [-0.25, -0.2) is 0 Å². The van der Waals surface area contributed by atoms with Gasteiger partial charge in [0.1, 0.15) is 0 Å². The molecule has 4 nitrogen and oxygen atoms in total. The summed E-state index contributed by atoms with van der Waals surface area (Å²) in [4.78, 5) is 8.67. The molecule has 1 aromatic carbocycles. The Morgan fingerprint density at radius 1 is 1.29 bits per heavy atom. The molecule has 0 aliphatic rings. The summed E-state index contributed by atoms with van der Waals surface area (Å²) in [6.45, 7) is 4.08. The smallest absolute Gasteiger partial charge is 0.194 e. The Kier molecular flexibility index (Phi) is 7.75. The third kappa shape index (κ3) is 5.92. The molecule has 0 spiro atoms. The van der Waals surface area contributed by atoms with Gasteiger partial charge in [0, 0.05) is 29.1 Å². The fourth-order valence-corrected chi connectivity index (χ4v) is 4.23. The topological polar surface area (TPSA) is 44.7 Å². The van der Waals surface area contributed by atoms with E-state index < -0.39 is 10.8 Å². The van der Waals surface area contributed by atoms with Gasteiger partial charge in [0.05, 0.1) is 28.2 Å². The van der Waals surface area contributed by atoms with E-state index in [4.69, 9.17) is 11.6 Å². The zero-order chi connectivity index (χ0) is 17.4. The quantitative estimate of drug-likeness (QED) is 0.586. The van der Waals surface area contributed by atoms with Crippen molar-refractivity contribution in [3.8, 4) is 0 Å². The van der Waals surface area contributed by atoms with Crippen molar-refractivity contribution < 1.29 is 4.21 Å². The van der Waals surface area contributed by atoms with Gasteiger partial charge >= 0.3 is 0 Å². The summed E-state index contributed by atoms with van der Waals surface area (Å²) in [5.74, 6) is 1.32. The second-order valence-corrected chi connectivity index (χ2v) is 8.53. The summed E-state index contributed by atoms with van der Waals surface area (Å²) in [7, 11) is 0.969. The van der Waals surface area contributed by atoms with Crippen LogP contribution in [-0.2, 0) is 17.3 Å². The molecular weight excluding hydrogens is 362 g/mol. The number of benzene rings is 1. The van der Waals surface area contributed by atoms with E-state index in [1.54, 1.807) is 11.3 Å². The monoisotopic (exact) mass is 383 g/mol. The molecule has 0 saturated carbocycles. The van der Waals surface area contributed by atoms with Gasteiger partial charge in [-0.1, -0.05) is 29.8 Å². The molecule has 1 unspecified atom stereocenters. The third-order valence-electron chi connectivity index (χ3n) is 3.26. The summed E-state index contributed by atoms with van der Waals surface area (Å²) in [6.07, 6.45) is 0.